The number of primary amides is 1. The Kier molecular flexibility index (Phi) is 32.9. The van der Waals surface area contributed by atoms with E-state index in [4.69, 9.17) is 10.5 Å². The number of hydrogen-bond acceptors (Lipinski definition) is 15. The smallest absolute Gasteiger partial charge is 0.410 e. The molecule has 11 atom stereocenters. The number of benzene rings is 3. The summed E-state index contributed by atoms with van der Waals surface area (Å²) in [6, 6.07) is 10.8. The normalized spacial score (nSPS) is 14.9. The number of rotatable bonds is 38. The Morgan fingerprint density at radius 2 is 0.837 bits per heavy atom. The molecule has 3 aromatic carbocycles. The van der Waals surface area contributed by atoms with Gasteiger partial charge in [-0.25, -0.2) is 9.59 Å². The molecule has 1 aliphatic rings. The summed E-state index contributed by atoms with van der Waals surface area (Å²) in [6.07, 6.45) is -0.968. The minimum atomic E-state index is -1.66. The van der Waals surface area contributed by atoms with Gasteiger partial charge in [0, 0.05) is 54.6 Å². The number of ether oxygens (including phenoxy) is 1. The van der Waals surface area contributed by atoms with Crippen molar-refractivity contribution in [3.63, 3.8) is 0 Å². The molecule has 29 heteroatoms. The lowest BCUT2D eigenvalue weighted by atomic mass is 9.98. The molecule has 0 bridgehead atoms. The second-order valence-corrected chi connectivity index (χ2v) is 28.9. The van der Waals surface area contributed by atoms with Crippen molar-refractivity contribution in [2.75, 3.05) is 55.4 Å². The lowest BCUT2D eigenvalue weighted by Gasteiger charge is -2.35. The number of nitrogens with one attached hydrogen (secondary N) is 6. The number of carbonyl (C=O) groups is 14. The number of nitrogens with zero attached hydrogens (tertiary/aromatic N) is 6. The maximum absolute atomic E-state index is 14.6. The van der Waals surface area contributed by atoms with Crippen LogP contribution in [-0.4, -0.2) is 239 Å². The zero-order valence-corrected chi connectivity index (χ0v) is 63.7. The zero-order chi connectivity index (χ0) is 78.5. The first-order valence-electron chi connectivity index (χ1n) is 35.4. The quantitative estimate of drug-likeness (QED) is 0.0407. The molecule has 0 saturated heterocycles. The van der Waals surface area contributed by atoms with Gasteiger partial charge in [0.1, 0.15) is 73.1 Å². The molecule has 0 spiro atoms. The Labute approximate surface area is 611 Å². The number of aliphatic carboxylic acids is 1. The number of carboxylic acid groups (broad SMARTS) is 1. The number of likely N-dealkylation sites (N-methyl/N-ethyl adjacent to an activating group) is 6. The Morgan fingerprint density at radius 3 is 1.33 bits per heavy atom. The molecule has 9 N–H and O–H groups in total. The summed E-state index contributed by atoms with van der Waals surface area (Å²) in [6.45, 7) is 21.1. The number of carbonyl (C=O) groups excluding carboxylic acids is 13. The van der Waals surface area contributed by atoms with Gasteiger partial charge < -0.3 is 72.0 Å². The van der Waals surface area contributed by atoms with Crippen molar-refractivity contribution in [2.24, 2.45) is 29.4 Å². The Balaban J connectivity index is 1.42. The maximum atomic E-state index is 14.6. The number of nitrogens with two attached hydrogens (primary N) is 1. The molecule has 104 heavy (non-hydrogen) atoms. The molecule has 0 radical (unpaired) electrons. The van der Waals surface area contributed by atoms with Crippen molar-refractivity contribution < 1.29 is 77.0 Å². The van der Waals surface area contributed by atoms with E-state index in [2.05, 4.69) is 31.9 Å². The van der Waals surface area contributed by atoms with Crippen LogP contribution in [0.25, 0.3) is 11.1 Å². The van der Waals surface area contributed by atoms with E-state index in [0.29, 0.717) is 5.56 Å². The first-order chi connectivity index (χ1) is 48.6. The SMILES string of the molecule is CC(C)C[C@H](NC(=O)[C@H](C)N(C)C(=O)CNC(=O)[C@H](Cc1ccccc1)N(C)C(=O)[C@H](C)NC(=O)[C@H](CC(C)C)N(C)C(=O)[C@H](CC(C)C)NC(=O)[C@H](C)N(C)C(=O)OCC1c2ccccc2-c2ccccc21)C(=O)N[C@@H](C)C(=O)N(C)[C@@H](CC(C)C)C(=O)N(C)[C@@H](C)C(=O)N[C@@H](CC(N)=O)C(=O)O. The highest BCUT2D eigenvalue weighted by atomic mass is 16.6. The van der Waals surface area contributed by atoms with Gasteiger partial charge in [-0.2, -0.15) is 0 Å². The molecule has 0 heterocycles. The predicted molar refractivity (Wildman–Crippen MR) is 390 cm³/mol. The van der Waals surface area contributed by atoms with Crippen molar-refractivity contribution in [3.8, 4) is 11.1 Å². The molecule has 4 rings (SSSR count). The van der Waals surface area contributed by atoms with Crippen molar-refractivity contribution >= 4 is 82.9 Å². The molecule has 1 aliphatic carbocycles. The van der Waals surface area contributed by atoms with Crippen LogP contribution < -0.4 is 37.6 Å². The van der Waals surface area contributed by atoms with Gasteiger partial charge in [-0.3, -0.25) is 62.4 Å². The molecule has 13 amide bonds. The van der Waals surface area contributed by atoms with Crippen molar-refractivity contribution in [1.29, 1.82) is 0 Å². The van der Waals surface area contributed by atoms with Gasteiger partial charge in [0.25, 0.3) is 0 Å². The van der Waals surface area contributed by atoms with Crippen LogP contribution in [-0.2, 0) is 73.5 Å². The van der Waals surface area contributed by atoms with Crippen LogP contribution in [0.3, 0.4) is 0 Å². The van der Waals surface area contributed by atoms with E-state index in [1.165, 1.54) is 81.8 Å². The first kappa shape index (κ1) is 86.4. The van der Waals surface area contributed by atoms with Gasteiger partial charge in [0.2, 0.25) is 70.9 Å². The van der Waals surface area contributed by atoms with Gasteiger partial charge in [0.15, 0.2) is 0 Å². The number of hydrogen-bond donors (Lipinski definition) is 8. The molecule has 0 unspecified atom stereocenters. The fourth-order valence-electron chi connectivity index (χ4n) is 12.2. The van der Waals surface area contributed by atoms with Crippen LogP contribution in [0, 0.1) is 23.7 Å². The van der Waals surface area contributed by atoms with Gasteiger partial charge in [0.05, 0.1) is 13.0 Å². The standard InChI is InChI=1S/C75H111N13O16/c1-41(2)33-56(67(94)78-45(9)71(98)88(19)61(36-44(7)8)73(100)84(15)48(12)65(92)82-58(74(101)102)38-62(76)89)80-64(91)47(11)83(14)63(90)39-77-68(95)60(37-50-27-21-20-22-28-50)86(17)70(97)46(10)79-69(96)59(35-43(5)6)87(18)72(99)57(34-42(3)4)81-66(93)49(13)85(16)75(103)104-40-55-53-31-25-23-29-51(53)52-30-24-26-32-54(52)55/h20-32,41-49,55-61H,33-40H2,1-19H3,(H2,76,89)(H,77,95)(H,78,94)(H,79,96)(H,80,91)(H,81,93)(H,82,92)(H,101,102)/t45-,46-,47-,48-,49-,56-,57-,58-,59-,60-,61-/m0/s1. The van der Waals surface area contributed by atoms with E-state index in [0.717, 1.165) is 46.8 Å². The van der Waals surface area contributed by atoms with Gasteiger partial charge in [-0.15, -0.1) is 0 Å². The highest BCUT2D eigenvalue weighted by Crippen LogP contribution is 2.44. The summed E-state index contributed by atoms with van der Waals surface area (Å²) >= 11 is 0. The highest BCUT2D eigenvalue weighted by molar-refractivity contribution is 5.99. The third-order valence-electron chi connectivity index (χ3n) is 18.8. The van der Waals surface area contributed by atoms with Gasteiger partial charge in [-0.1, -0.05) is 134 Å². The molecule has 29 nitrogen and oxygen atoms in total. The monoisotopic (exact) mass is 1450 g/mol. The molecule has 3 aromatic rings. The fourth-order valence-corrected chi connectivity index (χ4v) is 12.2. The average Bonchev–Trinajstić information content (AvgIpc) is 1.62. The van der Waals surface area contributed by atoms with Crippen molar-refractivity contribution in [3.05, 3.63) is 95.6 Å². The van der Waals surface area contributed by atoms with E-state index < -0.39 is 162 Å². The first-order valence-corrected chi connectivity index (χ1v) is 35.4. The molecular weight excluding hydrogens is 1340 g/mol. The van der Waals surface area contributed by atoms with Gasteiger partial charge >= 0.3 is 12.1 Å². The third-order valence-corrected chi connectivity index (χ3v) is 18.8. The highest BCUT2D eigenvalue weighted by Gasteiger charge is 2.41. The summed E-state index contributed by atoms with van der Waals surface area (Å²) in [5, 5.41) is 25.2. The number of amides is 13. The Morgan fingerprint density at radius 1 is 0.423 bits per heavy atom. The lowest BCUT2D eigenvalue weighted by molar-refractivity contribution is -0.150. The van der Waals surface area contributed by atoms with Crippen molar-refractivity contribution in [2.45, 2.75) is 201 Å². The fraction of sp³-hybridized carbons (Fsp3) is 0.573. The molecule has 0 fully saturated rings. The van der Waals surface area contributed by atoms with Crippen LogP contribution in [0.15, 0.2) is 78.9 Å². The minimum absolute atomic E-state index is 0.0275. The predicted octanol–water partition coefficient (Wildman–Crippen LogP) is 3.40. The van der Waals surface area contributed by atoms with Gasteiger partial charge in [-0.05, 0) is 112 Å². The summed E-state index contributed by atoms with van der Waals surface area (Å²) in [4.78, 5) is 199. The molecule has 0 aromatic heterocycles. The summed E-state index contributed by atoms with van der Waals surface area (Å²) < 4.78 is 5.82. The second-order valence-electron chi connectivity index (χ2n) is 28.9. The lowest BCUT2D eigenvalue weighted by Crippen LogP contribution is -2.59. The van der Waals surface area contributed by atoms with E-state index in [1.54, 1.807) is 58.0 Å². The van der Waals surface area contributed by atoms with Crippen molar-refractivity contribution in [1.82, 2.24) is 61.3 Å². The zero-order valence-electron chi connectivity index (χ0n) is 63.7. The molecular formula is C75H111N13O16. The summed E-state index contributed by atoms with van der Waals surface area (Å²) in [7, 11) is 8.22. The largest absolute Gasteiger partial charge is 0.480 e. The van der Waals surface area contributed by atoms with E-state index in [-0.39, 0.29) is 68.3 Å². The Hall–Kier alpha value is -9.96. The summed E-state index contributed by atoms with van der Waals surface area (Å²) in [5.41, 5.74) is 9.96. The number of carboxylic acids is 1. The minimum Gasteiger partial charge on any atom is -0.480 e. The maximum Gasteiger partial charge on any atom is 0.410 e. The van der Waals surface area contributed by atoms with E-state index in [1.807, 2.05) is 76.2 Å². The van der Waals surface area contributed by atoms with Crippen LogP contribution in [0.1, 0.15) is 145 Å². The molecule has 0 aliphatic heterocycles. The van der Waals surface area contributed by atoms with Crippen LogP contribution >= 0.6 is 0 Å². The number of fused-ring (bicyclic) bond motifs is 3. The van der Waals surface area contributed by atoms with Crippen LogP contribution in [0.5, 0.6) is 0 Å². The van der Waals surface area contributed by atoms with E-state index >= 15 is 0 Å². The van der Waals surface area contributed by atoms with Crippen LogP contribution in [0.4, 0.5) is 4.79 Å². The topological polar surface area (TPSA) is 386 Å². The summed E-state index contributed by atoms with van der Waals surface area (Å²) in [5.74, 6) is -11.3. The van der Waals surface area contributed by atoms with Crippen LogP contribution in [0.2, 0.25) is 0 Å². The Bertz CT molecular complexity index is 3510. The molecule has 0 saturated carbocycles. The molecule has 572 valence electrons. The second kappa shape index (κ2) is 39.6. The third kappa shape index (κ3) is 24.1. The van der Waals surface area contributed by atoms with E-state index in [9.17, 15) is 72.2 Å². The average molecular weight is 1450 g/mol.